The Bertz CT molecular complexity index is 1170. The van der Waals surface area contributed by atoms with Crippen molar-refractivity contribution in [1.29, 1.82) is 0 Å². The first-order chi connectivity index (χ1) is 16.6. The van der Waals surface area contributed by atoms with E-state index in [4.69, 9.17) is 16.3 Å². The number of hydrogen-bond donors (Lipinski definition) is 2. The lowest BCUT2D eigenvalue weighted by molar-refractivity contribution is -0.131. The summed E-state index contributed by atoms with van der Waals surface area (Å²) in [7, 11) is -3.67. The number of fused-ring (bicyclic) bond motifs is 1. The number of halogens is 1. The van der Waals surface area contributed by atoms with Gasteiger partial charge in [-0.2, -0.15) is 0 Å². The van der Waals surface area contributed by atoms with Crippen LogP contribution in [-0.2, 0) is 37.4 Å². The summed E-state index contributed by atoms with van der Waals surface area (Å²) in [6, 6.07) is 5.04. The van der Waals surface area contributed by atoms with Crippen molar-refractivity contribution in [3.8, 4) is 0 Å². The standard InChI is InChI=1S/C24H30ClN3O6S/c1-2-15-9-24(15,22(30)27-35(32,33)17-6-7-17)10-21(29)20-8-16(11-26-20)34-23(31)28-12-14-4-3-5-19(25)18(14)13-28/h3-5,15-17,20,26H,2,6-13H2,1H3,(H,27,30)/t15-,16-,20+,24-/m1/s1. The lowest BCUT2D eigenvalue weighted by Gasteiger charge is -2.20. The first kappa shape index (κ1) is 24.5. The summed E-state index contributed by atoms with van der Waals surface area (Å²) in [4.78, 5) is 40.3. The van der Waals surface area contributed by atoms with Gasteiger partial charge >= 0.3 is 6.09 Å². The van der Waals surface area contributed by atoms with Gasteiger partial charge in [-0.3, -0.25) is 19.2 Å². The minimum Gasteiger partial charge on any atom is -0.445 e. The number of amides is 2. The minimum atomic E-state index is -3.67. The third-order valence-corrected chi connectivity index (χ3v) is 9.97. The van der Waals surface area contributed by atoms with Crippen molar-refractivity contribution >= 4 is 39.4 Å². The van der Waals surface area contributed by atoms with E-state index in [0.717, 1.165) is 11.1 Å². The van der Waals surface area contributed by atoms with E-state index in [-0.39, 0.29) is 18.1 Å². The van der Waals surface area contributed by atoms with Gasteiger partial charge in [-0.15, -0.1) is 0 Å². The van der Waals surface area contributed by atoms with Gasteiger partial charge in [0.05, 0.1) is 23.3 Å². The molecule has 0 aromatic heterocycles. The minimum absolute atomic E-state index is 0.0143. The molecular formula is C24H30ClN3O6S. The van der Waals surface area contributed by atoms with Crippen LogP contribution in [-0.4, -0.2) is 55.0 Å². The normalized spacial score (nSPS) is 29.5. The molecule has 11 heteroatoms. The van der Waals surface area contributed by atoms with Crippen molar-refractivity contribution in [2.45, 2.75) is 75.9 Å². The van der Waals surface area contributed by atoms with Crippen molar-refractivity contribution in [1.82, 2.24) is 14.9 Å². The molecule has 5 rings (SSSR count). The van der Waals surface area contributed by atoms with E-state index in [1.165, 1.54) is 0 Å². The predicted molar refractivity (Wildman–Crippen MR) is 128 cm³/mol. The van der Waals surface area contributed by atoms with Gasteiger partial charge in [0.15, 0.2) is 5.78 Å². The molecule has 3 fully saturated rings. The fourth-order valence-corrected chi connectivity index (χ4v) is 7.02. The van der Waals surface area contributed by atoms with E-state index in [9.17, 15) is 22.8 Å². The molecule has 9 nitrogen and oxygen atoms in total. The second-order valence-electron chi connectivity index (χ2n) is 10.2. The molecule has 2 aliphatic carbocycles. The largest absolute Gasteiger partial charge is 0.445 e. The highest BCUT2D eigenvalue weighted by Gasteiger charge is 2.61. The number of ether oxygens (including phenoxy) is 1. The molecule has 0 radical (unpaired) electrons. The highest BCUT2D eigenvalue weighted by Crippen LogP contribution is 2.57. The van der Waals surface area contributed by atoms with Gasteiger partial charge in [0.1, 0.15) is 6.10 Å². The average Bonchev–Trinajstić information content (AvgIpc) is 3.69. The summed E-state index contributed by atoms with van der Waals surface area (Å²) < 4.78 is 32.4. The number of ketones is 1. The lowest BCUT2D eigenvalue weighted by Crippen LogP contribution is -2.42. The van der Waals surface area contributed by atoms with Gasteiger partial charge in [-0.1, -0.05) is 37.1 Å². The zero-order valence-corrected chi connectivity index (χ0v) is 21.2. The second kappa shape index (κ2) is 9.05. The van der Waals surface area contributed by atoms with Crippen molar-refractivity contribution in [3.05, 3.63) is 34.3 Å². The van der Waals surface area contributed by atoms with Crippen LogP contribution in [0.2, 0.25) is 5.02 Å². The maximum absolute atomic E-state index is 13.1. The maximum Gasteiger partial charge on any atom is 0.410 e. The molecule has 1 saturated heterocycles. The Morgan fingerprint density at radius 2 is 2.03 bits per heavy atom. The fourth-order valence-electron chi connectivity index (χ4n) is 5.38. The number of nitrogens with zero attached hydrogens (tertiary/aromatic N) is 1. The summed E-state index contributed by atoms with van der Waals surface area (Å²) in [6.07, 6.45) is 1.72. The highest BCUT2D eigenvalue weighted by molar-refractivity contribution is 7.90. The number of carbonyl (C=O) groups excluding carboxylic acids is 3. The quantitative estimate of drug-likeness (QED) is 0.537. The van der Waals surface area contributed by atoms with Gasteiger partial charge in [0.25, 0.3) is 0 Å². The number of hydrogen-bond acceptors (Lipinski definition) is 7. The van der Waals surface area contributed by atoms with E-state index in [1.807, 2.05) is 19.1 Å². The van der Waals surface area contributed by atoms with E-state index in [2.05, 4.69) is 10.0 Å². The fraction of sp³-hybridized carbons (Fsp3) is 0.625. The number of rotatable bonds is 8. The van der Waals surface area contributed by atoms with Gasteiger partial charge in [0, 0.05) is 31.0 Å². The Morgan fingerprint density at radius 1 is 1.26 bits per heavy atom. The van der Waals surface area contributed by atoms with Crippen molar-refractivity contribution < 1.29 is 27.5 Å². The smallest absolute Gasteiger partial charge is 0.410 e. The Hall–Kier alpha value is -2.17. The SMILES string of the molecule is CC[C@@H]1C[C@]1(CC(=O)[C@@H]1C[C@@H](OC(=O)N2Cc3cccc(Cl)c3C2)CN1)C(=O)NS(=O)(=O)C1CC1. The monoisotopic (exact) mass is 523 g/mol. The first-order valence-corrected chi connectivity index (χ1v) is 14.1. The van der Waals surface area contributed by atoms with Crippen LogP contribution in [0.4, 0.5) is 4.79 Å². The van der Waals surface area contributed by atoms with Crippen LogP contribution in [0.1, 0.15) is 56.6 Å². The molecule has 1 aromatic carbocycles. The van der Waals surface area contributed by atoms with Crippen LogP contribution in [0.25, 0.3) is 0 Å². The summed E-state index contributed by atoms with van der Waals surface area (Å²) in [5.41, 5.74) is 0.949. The highest BCUT2D eigenvalue weighted by atomic mass is 35.5. The predicted octanol–water partition coefficient (Wildman–Crippen LogP) is 2.51. The molecule has 4 aliphatic rings. The number of benzene rings is 1. The van der Waals surface area contributed by atoms with Gasteiger partial charge in [0.2, 0.25) is 15.9 Å². The summed E-state index contributed by atoms with van der Waals surface area (Å²) in [5, 5.41) is 3.24. The molecule has 1 aromatic rings. The molecule has 0 bridgehead atoms. The van der Waals surface area contributed by atoms with E-state index < -0.39 is 44.8 Å². The van der Waals surface area contributed by atoms with Crippen molar-refractivity contribution in [2.24, 2.45) is 11.3 Å². The van der Waals surface area contributed by atoms with Gasteiger partial charge in [-0.05, 0) is 42.4 Å². The number of sulfonamides is 1. The Morgan fingerprint density at radius 3 is 2.69 bits per heavy atom. The zero-order valence-electron chi connectivity index (χ0n) is 19.6. The van der Waals surface area contributed by atoms with Crippen molar-refractivity contribution in [2.75, 3.05) is 6.54 Å². The Balaban J connectivity index is 1.15. The van der Waals surface area contributed by atoms with Crippen LogP contribution in [0, 0.1) is 11.3 Å². The van der Waals surface area contributed by atoms with E-state index in [0.29, 0.717) is 56.8 Å². The topological polar surface area (TPSA) is 122 Å². The third kappa shape index (κ3) is 4.80. The van der Waals surface area contributed by atoms with Crippen LogP contribution in [0.3, 0.4) is 0 Å². The number of carbonyl (C=O) groups is 3. The third-order valence-electron chi connectivity index (χ3n) is 7.80. The zero-order chi connectivity index (χ0) is 25.0. The molecule has 4 atom stereocenters. The molecule has 2 amide bonds. The number of nitrogens with one attached hydrogen (secondary N) is 2. The van der Waals surface area contributed by atoms with Crippen LogP contribution < -0.4 is 10.0 Å². The van der Waals surface area contributed by atoms with E-state index in [1.54, 1.807) is 11.0 Å². The van der Waals surface area contributed by atoms with Crippen LogP contribution in [0.5, 0.6) is 0 Å². The maximum atomic E-state index is 13.1. The molecule has 2 heterocycles. The first-order valence-electron chi connectivity index (χ1n) is 12.2. The van der Waals surface area contributed by atoms with Crippen molar-refractivity contribution in [3.63, 3.8) is 0 Å². The molecule has 2 saturated carbocycles. The van der Waals surface area contributed by atoms with E-state index >= 15 is 0 Å². The molecule has 2 N–H and O–H groups in total. The van der Waals surface area contributed by atoms with Crippen LogP contribution >= 0.6 is 11.6 Å². The molecular weight excluding hydrogens is 494 g/mol. The molecule has 0 unspecified atom stereocenters. The molecule has 2 aliphatic heterocycles. The lowest BCUT2D eigenvalue weighted by atomic mass is 9.91. The van der Waals surface area contributed by atoms with Crippen LogP contribution in [0.15, 0.2) is 18.2 Å². The Labute approximate surface area is 209 Å². The van der Waals surface area contributed by atoms with Gasteiger partial charge < -0.3 is 10.1 Å². The summed E-state index contributed by atoms with van der Waals surface area (Å²) in [6.45, 7) is 3.09. The summed E-state index contributed by atoms with van der Waals surface area (Å²) in [5.74, 6) is -0.726. The number of Topliss-reactive ketones (excluding diaryl/α,β-unsaturated/α-hetero) is 1. The molecule has 0 spiro atoms. The molecule has 35 heavy (non-hydrogen) atoms. The molecule has 190 valence electrons. The second-order valence-corrected chi connectivity index (χ2v) is 12.6. The van der Waals surface area contributed by atoms with Gasteiger partial charge in [-0.25, -0.2) is 13.2 Å². The summed E-state index contributed by atoms with van der Waals surface area (Å²) >= 11 is 6.23. The average molecular weight is 524 g/mol. The Kier molecular flexibility index (Phi) is 6.34.